The van der Waals surface area contributed by atoms with E-state index in [4.69, 9.17) is 9.47 Å². The molecule has 0 spiro atoms. The minimum absolute atomic E-state index is 0.324. The van der Waals surface area contributed by atoms with E-state index in [0.717, 1.165) is 12.4 Å². The van der Waals surface area contributed by atoms with E-state index in [1.165, 1.54) is 6.33 Å². The van der Waals surface area contributed by atoms with Gasteiger partial charge in [-0.2, -0.15) is 5.10 Å². The molecule has 0 bridgehead atoms. The Kier molecular flexibility index (Phi) is 4.61. The molecule has 0 aromatic carbocycles. The molecular formula is C15H21N5O3. The zero-order valence-corrected chi connectivity index (χ0v) is 13.3. The van der Waals surface area contributed by atoms with Crippen molar-refractivity contribution in [3.05, 3.63) is 24.8 Å². The highest BCUT2D eigenvalue weighted by Gasteiger charge is 2.34. The number of hydrogen-bond acceptors (Lipinski definition) is 7. The molecule has 1 aliphatic heterocycles. The van der Waals surface area contributed by atoms with Gasteiger partial charge in [0.15, 0.2) is 5.75 Å². The third kappa shape index (κ3) is 3.53. The number of aliphatic hydroxyl groups excluding tert-OH is 1. The SMILES string of the molecule is CCOc1cc(N2C[C@@H](O)[C@H](Oc3cnn(CC)c3)C2)ncn1. The van der Waals surface area contributed by atoms with E-state index in [2.05, 4.69) is 15.1 Å². The topological polar surface area (TPSA) is 85.5 Å². The smallest absolute Gasteiger partial charge is 0.218 e. The van der Waals surface area contributed by atoms with E-state index in [-0.39, 0.29) is 6.10 Å². The fourth-order valence-electron chi connectivity index (χ4n) is 2.54. The molecular weight excluding hydrogens is 298 g/mol. The summed E-state index contributed by atoms with van der Waals surface area (Å²) in [5.41, 5.74) is 0. The molecule has 2 aromatic heterocycles. The lowest BCUT2D eigenvalue weighted by molar-refractivity contribution is 0.0737. The van der Waals surface area contributed by atoms with Crippen LogP contribution in [0.1, 0.15) is 13.8 Å². The summed E-state index contributed by atoms with van der Waals surface area (Å²) in [6.45, 7) is 6.24. The second kappa shape index (κ2) is 6.82. The van der Waals surface area contributed by atoms with Crippen molar-refractivity contribution in [1.29, 1.82) is 0 Å². The van der Waals surface area contributed by atoms with Gasteiger partial charge in [0.1, 0.15) is 24.4 Å². The lowest BCUT2D eigenvalue weighted by Gasteiger charge is -2.17. The third-order valence-corrected chi connectivity index (χ3v) is 3.70. The van der Waals surface area contributed by atoms with Gasteiger partial charge in [-0.1, -0.05) is 0 Å². The predicted molar refractivity (Wildman–Crippen MR) is 83.7 cm³/mol. The van der Waals surface area contributed by atoms with E-state index in [1.807, 2.05) is 24.9 Å². The summed E-state index contributed by atoms with van der Waals surface area (Å²) >= 11 is 0. The maximum absolute atomic E-state index is 10.3. The van der Waals surface area contributed by atoms with Crippen molar-refractivity contribution in [3.8, 4) is 11.6 Å². The van der Waals surface area contributed by atoms with Gasteiger partial charge in [-0.3, -0.25) is 4.68 Å². The Morgan fingerprint density at radius 2 is 2.17 bits per heavy atom. The molecule has 2 atom stereocenters. The number of aryl methyl sites for hydroxylation is 1. The molecule has 0 unspecified atom stereocenters. The van der Waals surface area contributed by atoms with Crippen LogP contribution < -0.4 is 14.4 Å². The van der Waals surface area contributed by atoms with Crippen LogP contribution in [-0.2, 0) is 6.54 Å². The van der Waals surface area contributed by atoms with E-state index in [9.17, 15) is 5.11 Å². The van der Waals surface area contributed by atoms with E-state index in [0.29, 0.717) is 31.3 Å². The van der Waals surface area contributed by atoms with Gasteiger partial charge in [-0.05, 0) is 13.8 Å². The van der Waals surface area contributed by atoms with Gasteiger partial charge in [-0.25, -0.2) is 9.97 Å². The zero-order valence-electron chi connectivity index (χ0n) is 13.3. The Hall–Kier alpha value is -2.35. The summed E-state index contributed by atoms with van der Waals surface area (Å²) in [7, 11) is 0. The van der Waals surface area contributed by atoms with Gasteiger partial charge >= 0.3 is 0 Å². The summed E-state index contributed by atoms with van der Waals surface area (Å²) in [6, 6.07) is 1.77. The van der Waals surface area contributed by atoms with Crippen LogP contribution in [0.4, 0.5) is 5.82 Å². The quantitative estimate of drug-likeness (QED) is 0.839. The van der Waals surface area contributed by atoms with Crippen LogP contribution >= 0.6 is 0 Å². The summed E-state index contributed by atoms with van der Waals surface area (Å²) in [4.78, 5) is 10.3. The number of ether oxygens (including phenoxy) is 2. The molecule has 23 heavy (non-hydrogen) atoms. The molecule has 2 aromatic rings. The Morgan fingerprint density at radius 3 is 2.91 bits per heavy atom. The van der Waals surface area contributed by atoms with Crippen LogP contribution in [0.25, 0.3) is 0 Å². The van der Waals surface area contributed by atoms with E-state index in [1.54, 1.807) is 16.9 Å². The second-order valence-electron chi connectivity index (χ2n) is 5.31. The zero-order chi connectivity index (χ0) is 16.2. The van der Waals surface area contributed by atoms with Crippen molar-refractivity contribution in [2.75, 3.05) is 24.6 Å². The van der Waals surface area contributed by atoms with Crippen LogP contribution in [0.15, 0.2) is 24.8 Å². The monoisotopic (exact) mass is 319 g/mol. The van der Waals surface area contributed by atoms with Crippen molar-refractivity contribution in [3.63, 3.8) is 0 Å². The first kappa shape index (κ1) is 15.5. The largest absolute Gasteiger partial charge is 0.482 e. The summed E-state index contributed by atoms with van der Waals surface area (Å²) < 4.78 is 13.0. The molecule has 1 aliphatic rings. The molecule has 8 nitrogen and oxygen atoms in total. The predicted octanol–water partition coefficient (Wildman–Crippen LogP) is 0.720. The van der Waals surface area contributed by atoms with Crippen molar-refractivity contribution in [2.24, 2.45) is 0 Å². The Labute approximate surface area is 134 Å². The van der Waals surface area contributed by atoms with Gasteiger partial charge in [0, 0.05) is 19.2 Å². The average molecular weight is 319 g/mol. The van der Waals surface area contributed by atoms with Crippen LogP contribution in [-0.4, -0.2) is 56.8 Å². The number of aliphatic hydroxyl groups is 1. The number of nitrogens with zero attached hydrogens (tertiary/aromatic N) is 5. The molecule has 0 amide bonds. The first-order valence-corrected chi connectivity index (χ1v) is 7.76. The molecule has 124 valence electrons. The normalized spacial score (nSPS) is 20.7. The lowest BCUT2D eigenvalue weighted by Crippen LogP contribution is -2.29. The van der Waals surface area contributed by atoms with Crippen molar-refractivity contribution in [2.45, 2.75) is 32.6 Å². The van der Waals surface area contributed by atoms with E-state index >= 15 is 0 Å². The molecule has 0 saturated carbocycles. The van der Waals surface area contributed by atoms with Gasteiger partial charge in [0.05, 0.1) is 25.5 Å². The van der Waals surface area contributed by atoms with Crippen molar-refractivity contribution < 1.29 is 14.6 Å². The summed E-state index contributed by atoms with van der Waals surface area (Å²) in [5, 5.41) is 14.4. The van der Waals surface area contributed by atoms with Crippen molar-refractivity contribution >= 4 is 5.82 Å². The van der Waals surface area contributed by atoms with Gasteiger partial charge in [0.25, 0.3) is 0 Å². The number of anilines is 1. The summed E-state index contributed by atoms with van der Waals surface area (Å²) in [5.74, 6) is 1.91. The average Bonchev–Trinajstić information content (AvgIpc) is 3.15. The maximum atomic E-state index is 10.3. The molecule has 0 aliphatic carbocycles. The van der Waals surface area contributed by atoms with E-state index < -0.39 is 6.10 Å². The van der Waals surface area contributed by atoms with Crippen LogP contribution in [0.3, 0.4) is 0 Å². The van der Waals surface area contributed by atoms with Crippen LogP contribution in [0.5, 0.6) is 11.6 Å². The minimum atomic E-state index is -0.592. The molecule has 0 radical (unpaired) electrons. The number of rotatable bonds is 6. The standard InChI is InChI=1S/C15H21N5O3/c1-3-20-7-11(6-18-20)23-13-9-19(8-12(13)21)14-5-15(22-4-2)17-10-16-14/h5-7,10,12-13,21H,3-4,8-9H2,1-2H3/t12-,13-/m1/s1. The number of hydrogen-bond donors (Lipinski definition) is 1. The maximum Gasteiger partial charge on any atom is 0.218 e. The fourth-order valence-corrected chi connectivity index (χ4v) is 2.54. The third-order valence-electron chi connectivity index (χ3n) is 3.70. The molecule has 1 fully saturated rings. The lowest BCUT2D eigenvalue weighted by atomic mass is 10.3. The van der Waals surface area contributed by atoms with Gasteiger partial charge in [0.2, 0.25) is 5.88 Å². The highest BCUT2D eigenvalue weighted by Crippen LogP contribution is 2.24. The molecule has 1 saturated heterocycles. The van der Waals surface area contributed by atoms with Crippen molar-refractivity contribution in [1.82, 2.24) is 19.7 Å². The Bertz CT molecular complexity index is 648. The first-order valence-electron chi connectivity index (χ1n) is 7.76. The Balaban J connectivity index is 1.66. The molecule has 1 N–H and O–H groups in total. The molecule has 3 rings (SSSR count). The van der Waals surface area contributed by atoms with Gasteiger partial charge in [-0.15, -0.1) is 0 Å². The Morgan fingerprint density at radius 1 is 1.30 bits per heavy atom. The highest BCUT2D eigenvalue weighted by molar-refractivity contribution is 5.43. The number of aromatic nitrogens is 4. The minimum Gasteiger partial charge on any atom is -0.482 e. The highest BCUT2D eigenvalue weighted by atomic mass is 16.5. The molecule has 8 heteroatoms. The first-order chi connectivity index (χ1) is 11.2. The van der Waals surface area contributed by atoms with Crippen LogP contribution in [0, 0.1) is 0 Å². The summed E-state index contributed by atoms with van der Waals surface area (Å²) in [6.07, 6.45) is 4.04. The van der Waals surface area contributed by atoms with Crippen LogP contribution in [0.2, 0.25) is 0 Å². The number of β-amino-alcohol motifs (C(OH)–C–C–N with tert-alkyl or cyclic N) is 1. The van der Waals surface area contributed by atoms with Gasteiger partial charge < -0.3 is 19.5 Å². The molecule has 3 heterocycles. The second-order valence-corrected chi connectivity index (χ2v) is 5.31. The fraction of sp³-hybridized carbons (Fsp3) is 0.533.